The first-order valence-corrected chi connectivity index (χ1v) is 4.06. The molecule has 0 aliphatic heterocycles. The van der Waals surface area contributed by atoms with Crippen molar-refractivity contribution in [3.8, 4) is 0 Å². The Morgan fingerprint density at radius 1 is 1.45 bits per heavy atom. The molecule has 0 saturated carbocycles. The molecule has 11 heavy (non-hydrogen) atoms. The molecular weight excluding hydrogens is 144 g/mol. The van der Waals surface area contributed by atoms with Crippen LogP contribution in [0.25, 0.3) is 0 Å². The third-order valence-corrected chi connectivity index (χ3v) is 1.33. The highest BCUT2D eigenvalue weighted by Gasteiger charge is 2.04. The van der Waals surface area contributed by atoms with Crippen LogP contribution in [0.1, 0.15) is 40.0 Å². The van der Waals surface area contributed by atoms with Crippen LogP contribution in [-0.2, 0) is 14.6 Å². The number of carbonyl (C=O) groups is 1. The normalized spacial score (nSPS) is 12.6. The molecule has 0 fully saturated rings. The molecule has 0 amide bonds. The summed E-state index contributed by atoms with van der Waals surface area (Å²) in [4.78, 5) is 20.0. The second-order valence-corrected chi connectivity index (χ2v) is 2.52. The molecule has 0 aliphatic carbocycles. The topological polar surface area (TPSA) is 35.5 Å². The molecular formula is C8H16O3. The molecule has 0 spiro atoms. The lowest BCUT2D eigenvalue weighted by atomic mass is 10.3. The largest absolute Gasteiger partial charge is 0.342 e. The molecule has 1 atom stereocenters. The van der Waals surface area contributed by atoms with Gasteiger partial charge in [-0.2, -0.15) is 4.89 Å². The van der Waals surface area contributed by atoms with Gasteiger partial charge in [-0.3, -0.25) is 4.89 Å². The third-order valence-electron chi connectivity index (χ3n) is 1.33. The first-order valence-electron chi connectivity index (χ1n) is 4.06. The molecule has 0 N–H and O–H groups in total. The van der Waals surface area contributed by atoms with E-state index in [2.05, 4.69) is 4.89 Å². The standard InChI is InChI=1S/C8H16O3/c1-4-6-8(9)11-10-7(3)5-2/h7H,4-6H2,1-3H3. The molecule has 0 rings (SSSR count). The van der Waals surface area contributed by atoms with Gasteiger partial charge in [-0.15, -0.1) is 0 Å². The van der Waals surface area contributed by atoms with Crippen molar-refractivity contribution in [1.82, 2.24) is 0 Å². The van der Waals surface area contributed by atoms with Gasteiger partial charge in [-0.05, 0) is 19.8 Å². The van der Waals surface area contributed by atoms with Crippen LogP contribution >= 0.6 is 0 Å². The van der Waals surface area contributed by atoms with E-state index in [-0.39, 0.29) is 12.1 Å². The SMILES string of the molecule is CCCC(=O)OOC(C)CC. The summed E-state index contributed by atoms with van der Waals surface area (Å²) in [5.41, 5.74) is 0. The predicted molar refractivity (Wildman–Crippen MR) is 41.8 cm³/mol. The molecule has 1 unspecified atom stereocenters. The minimum absolute atomic E-state index is 0.00388. The number of hydrogen-bond donors (Lipinski definition) is 0. The molecule has 0 aromatic rings. The summed E-state index contributed by atoms with van der Waals surface area (Å²) in [7, 11) is 0. The van der Waals surface area contributed by atoms with E-state index in [1.807, 2.05) is 20.8 Å². The van der Waals surface area contributed by atoms with Crippen molar-refractivity contribution in [2.45, 2.75) is 46.1 Å². The van der Waals surface area contributed by atoms with E-state index in [0.717, 1.165) is 12.8 Å². The van der Waals surface area contributed by atoms with Gasteiger partial charge in [-0.25, -0.2) is 4.79 Å². The van der Waals surface area contributed by atoms with Gasteiger partial charge in [0.15, 0.2) is 0 Å². The molecule has 0 bridgehead atoms. The van der Waals surface area contributed by atoms with Crippen LogP contribution in [0.15, 0.2) is 0 Å². The maximum Gasteiger partial charge on any atom is 0.342 e. The predicted octanol–water partition coefficient (Wildman–Crippen LogP) is 2.06. The smallest absolute Gasteiger partial charge is 0.298 e. The quantitative estimate of drug-likeness (QED) is 0.456. The molecule has 0 aliphatic rings. The maximum atomic E-state index is 10.7. The minimum atomic E-state index is -0.284. The van der Waals surface area contributed by atoms with Gasteiger partial charge in [0.25, 0.3) is 0 Å². The Kier molecular flexibility index (Phi) is 5.84. The second kappa shape index (κ2) is 6.16. The highest BCUT2D eigenvalue weighted by molar-refractivity contribution is 5.68. The summed E-state index contributed by atoms with van der Waals surface area (Å²) in [5.74, 6) is -0.284. The molecule has 0 aromatic heterocycles. The van der Waals surface area contributed by atoms with Crippen LogP contribution in [0, 0.1) is 0 Å². The summed E-state index contributed by atoms with van der Waals surface area (Å²) >= 11 is 0. The lowest BCUT2D eigenvalue weighted by molar-refractivity contribution is -0.295. The minimum Gasteiger partial charge on any atom is -0.298 e. The van der Waals surface area contributed by atoms with Crippen LogP contribution in [0.4, 0.5) is 0 Å². The zero-order chi connectivity index (χ0) is 8.69. The zero-order valence-electron chi connectivity index (χ0n) is 7.42. The number of rotatable bonds is 5. The highest BCUT2D eigenvalue weighted by atomic mass is 17.2. The van der Waals surface area contributed by atoms with E-state index >= 15 is 0 Å². The van der Waals surface area contributed by atoms with Gasteiger partial charge in [0.05, 0.1) is 0 Å². The molecule has 0 radical (unpaired) electrons. The summed E-state index contributed by atoms with van der Waals surface area (Å²) in [6.07, 6.45) is 2.06. The summed E-state index contributed by atoms with van der Waals surface area (Å²) in [6, 6.07) is 0. The summed E-state index contributed by atoms with van der Waals surface area (Å²) in [6.45, 7) is 5.75. The Hall–Kier alpha value is -0.570. The fraction of sp³-hybridized carbons (Fsp3) is 0.875. The Morgan fingerprint density at radius 3 is 2.55 bits per heavy atom. The van der Waals surface area contributed by atoms with Crippen LogP contribution < -0.4 is 0 Å². The van der Waals surface area contributed by atoms with Crippen molar-refractivity contribution in [2.75, 3.05) is 0 Å². The van der Waals surface area contributed by atoms with Crippen molar-refractivity contribution >= 4 is 5.97 Å². The van der Waals surface area contributed by atoms with E-state index in [1.54, 1.807) is 0 Å². The molecule has 0 aromatic carbocycles. The van der Waals surface area contributed by atoms with Crippen LogP contribution in [0.5, 0.6) is 0 Å². The Morgan fingerprint density at radius 2 is 2.09 bits per heavy atom. The maximum absolute atomic E-state index is 10.7. The molecule has 66 valence electrons. The lowest BCUT2D eigenvalue weighted by Crippen LogP contribution is -2.11. The average molecular weight is 160 g/mol. The van der Waals surface area contributed by atoms with E-state index in [9.17, 15) is 4.79 Å². The number of hydrogen-bond acceptors (Lipinski definition) is 3. The fourth-order valence-electron chi connectivity index (χ4n) is 0.450. The Labute approximate surface area is 67.6 Å². The molecule has 0 saturated heterocycles. The average Bonchev–Trinajstić information content (AvgIpc) is 2.01. The highest BCUT2D eigenvalue weighted by Crippen LogP contribution is 1.99. The Balaban J connectivity index is 3.30. The van der Waals surface area contributed by atoms with Crippen molar-refractivity contribution in [3.05, 3.63) is 0 Å². The first-order chi connectivity index (χ1) is 5.20. The number of carbonyl (C=O) groups excluding carboxylic acids is 1. The van der Waals surface area contributed by atoms with Crippen LogP contribution in [0.3, 0.4) is 0 Å². The fourth-order valence-corrected chi connectivity index (χ4v) is 0.450. The van der Waals surface area contributed by atoms with Crippen LogP contribution in [0.2, 0.25) is 0 Å². The van der Waals surface area contributed by atoms with Gasteiger partial charge in [0.2, 0.25) is 0 Å². The Bertz CT molecular complexity index is 112. The van der Waals surface area contributed by atoms with E-state index in [1.165, 1.54) is 0 Å². The van der Waals surface area contributed by atoms with Gasteiger partial charge < -0.3 is 0 Å². The monoisotopic (exact) mass is 160 g/mol. The van der Waals surface area contributed by atoms with Gasteiger partial charge >= 0.3 is 5.97 Å². The first kappa shape index (κ1) is 10.4. The van der Waals surface area contributed by atoms with Gasteiger partial charge in [-0.1, -0.05) is 13.8 Å². The van der Waals surface area contributed by atoms with Crippen molar-refractivity contribution < 1.29 is 14.6 Å². The van der Waals surface area contributed by atoms with E-state index < -0.39 is 0 Å². The van der Waals surface area contributed by atoms with Gasteiger partial charge in [0, 0.05) is 6.42 Å². The summed E-state index contributed by atoms with van der Waals surface area (Å²) < 4.78 is 0. The van der Waals surface area contributed by atoms with Crippen LogP contribution in [-0.4, -0.2) is 12.1 Å². The molecule has 3 nitrogen and oxygen atoms in total. The zero-order valence-corrected chi connectivity index (χ0v) is 7.42. The molecule has 0 heterocycles. The van der Waals surface area contributed by atoms with E-state index in [0.29, 0.717) is 6.42 Å². The van der Waals surface area contributed by atoms with Crippen molar-refractivity contribution in [2.24, 2.45) is 0 Å². The van der Waals surface area contributed by atoms with Gasteiger partial charge in [0.1, 0.15) is 6.10 Å². The lowest BCUT2D eigenvalue weighted by Gasteiger charge is -2.07. The molecule has 3 heteroatoms. The van der Waals surface area contributed by atoms with Crippen molar-refractivity contribution in [1.29, 1.82) is 0 Å². The van der Waals surface area contributed by atoms with E-state index in [4.69, 9.17) is 4.89 Å². The third kappa shape index (κ3) is 5.85. The second-order valence-electron chi connectivity index (χ2n) is 2.52. The van der Waals surface area contributed by atoms with Crippen molar-refractivity contribution in [3.63, 3.8) is 0 Å². The summed E-state index contributed by atoms with van der Waals surface area (Å²) in [5, 5.41) is 0.